The summed E-state index contributed by atoms with van der Waals surface area (Å²) >= 11 is 0. The number of allylic oxidation sites excluding steroid dienone is 6. The third-order valence-corrected chi connectivity index (χ3v) is 7.02. The summed E-state index contributed by atoms with van der Waals surface area (Å²) in [6.45, 7) is 14.9. The number of hydrogen-bond acceptors (Lipinski definition) is 3. The molecule has 0 N–H and O–H groups in total. The Morgan fingerprint density at radius 1 is 0.781 bits per heavy atom. The van der Waals surface area contributed by atoms with Crippen LogP contribution in [0.4, 0.5) is 11.4 Å². The van der Waals surface area contributed by atoms with E-state index in [1.807, 2.05) is 12.2 Å². The van der Waals surface area contributed by atoms with Crippen molar-refractivity contribution in [3.8, 4) is 0 Å². The first kappa shape index (κ1) is 22.1. The zero-order chi connectivity index (χ0) is 23.1. The van der Waals surface area contributed by atoms with E-state index in [1.54, 1.807) is 6.08 Å². The van der Waals surface area contributed by atoms with Gasteiger partial charge in [0.05, 0.1) is 0 Å². The molecular weight excluding hydrogens is 392 g/mol. The van der Waals surface area contributed by atoms with Crippen molar-refractivity contribution >= 4 is 17.2 Å². The number of fused-ring (bicyclic) bond motifs is 2. The van der Waals surface area contributed by atoms with E-state index in [0.29, 0.717) is 0 Å². The number of para-hydroxylation sites is 2. The van der Waals surface area contributed by atoms with Gasteiger partial charge in [-0.05, 0) is 49.3 Å². The van der Waals surface area contributed by atoms with Gasteiger partial charge in [0.25, 0.3) is 0 Å². The highest BCUT2D eigenvalue weighted by Crippen LogP contribution is 2.48. The minimum atomic E-state index is -0.192. The SMILES string of the molecule is CCN1C(=CC=CC(=O)C=C2N(CC)c3ccccc3C2(C)C)C(C)(C)c2ccccc21. The Labute approximate surface area is 192 Å². The van der Waals surface area contributed by atoms with E-state index < -0.39 is 0 Å². The van der Waals surface area contributed by atoms with E-state index in [0.717, 1.165) is 18.8 Å². The highest BCUT2D eigenvalue weighted by atomic mass is 16.1. The molecular formula is C29H34N2O. The molecule has 2 aliphatic heterocycles. The van der Waals surface area contributed by atoms with Crippen molar-refractivity contribution in [3.63, 3.8) is 0 Å². The molecule has 0 bridgehead atoms. The Hall–Kier alpha value is -3.07. The van der Waals surface area contributed by atoms with Gasteiger partial charge in [0.15, 0.2) is 5.78 Å². The standard InChI is InChI=1S/C29H34N2O/c1-7-30-24-17-11-9-15-22(24)28(3,4)26(30)19-13-14-21(32)20-27-29(5,6)23-16-10-12-18-25(23)31(27)8-2/h9-20H,7-8H2,1-6H3. The Morgan fingerprint density at radius 3 is 1.78 bits per heavy atom. The van der Waals surface area contributed by atoms with Crippen molar-refractivity contribution in [1.82, 2.24) is 0 Å². The third kappa shape index (κ3) is 3.40. The number of benzene rings is 2. The van der Waals surface area contributed by atoms with Gasteiger partial charge in [-0.1, -0.05) is 70.2 Å². The lowest BCUT2D eigenvalue weighted by Gasteiger charge is -2.26. The van der Waals surface area contributed by atoms with Crippen molar-refractivity contribution in [2.24, 2.45) is 0 Å². The molecule has 0 atom stereocenters. The molecule has 0 aromatic heterocycles. The number of carbonyl (C=O) groups is 1. The van der Waals surface area contributed by atoms with Gasteiger partial charge in [-0.25, -0.2) is 0 Å². The highest BCUT2D eigenvalue weighted by molar-refractivity contribution is 6.01. The molecule has 2 aliphatic rings. The quantitative estimate of drug-likeness (QED) is 0.509. The summed E-state index contributed by atoms with van der Waals surface area (Å²) in [5.74, 6) is 0.0209. The van der Waals surface area contributed by atoms with Gasteiger partial charge in [0.1, 0.15) is 0 Å². The molecule has 0 saturated heterocycles. The molecule has 4 rings (SSSR count). The number of nitrogens with zero attached hydrogens (tertiary/aromatic N) is 2. The van der Waals surface area contributed by atoms with Crippen LogP contribution in [0.5, 0.6) is 0 Å². The van der Waals surface area contributed by atoms with E-state index in [1.165, 1.54) is 28.2 Å². The van der Waals surface area contributed by atoms with Gasteiger partial charge in [-0.3, -0.25) is 4.79 Å². The Morgan fingerprint density at radius 2 is 1.25 bits per heavy atom. The zero-order valence-electron chi connectivity index (χ0n) is 20.1. The van der Waals surface area contributed by atoms with Crippen molar-refractivity contribution in [1.29, 1.82) is 0 Å². The number of hydrogen-bond donors (Lipinski definition) is 0. The van der Waals surface area contributed by atoms with E-state index >= 15 is 0 Å². The maximum absolute atomic E-state index is 13.0. The molecule has 2 heterocycles. The van der Waals surface area contributed by atoms with Gasteiger partial charge in [-0.2, -0.15) is 0 Å². The second kappa shape index (κ2) is 8.12. The highest BCUT2D eigenvalue weighted by Gasteiger charge is 2.40. The average Bonchev–Trinajstić information content (AvgIpc) is 3.13. The lowest BCUT2D eigenvalue weighted by atomic mass is 9.83. The molecule has 166 valence electrons. The van der Waals surface area contributed by atoms with Crippen LogP contribution in [0.2, 0.25) is 0 Å². The first-order valence-corrected chi connectivity index (χ1v) is 11.6. The van der Waals surface area contributed by atoms with E-state index in [-0.39, 0.29) is 16.6 Å². The summed E-state index contributed by atoms with van der Waals surface area (Å²) in [5.41, 5.74) is 7.07. The maximum atomic E-state index is 13.0. The maximum Gasteiger partial charge on any atom is 0.180 e. The van der Waals surface area contributed by atoms with Crippen molar-refractivity contribution in [2.45, 2.75) is 52.4 Å². The normalized spacial score (nSPS) is 20.9. The zero-order valence-corrected chi connectivity index (χ0v) is 20.1. The number of carbonyl (C=O) groups excluding carboxylic acids is 1. The number of anilines is 2. The molecule has 0 spiro atoms. The number of ketones is 1. The van der Waals surface area contributed by atoms with Gasteiger partial charge >= 0.3 is 0 Å². The van der Waals surface area contributed by atoms with E-state index in [4.69, 9.17) is 0 Å². The fourth-order valence-electron chi connectivity index (χ4n) is 5.34. The average molecular weight is 427 g/mol. The third-order valence-electron chi connectivity index (χ3n) is 7.02. The minimum Gasteiger partial charge on any atom is -0.344 e. The molecule has 32 heavy (non-hydrogen) atoms. The van der Waals surface area contributed by atoms with Gasteiger partial charge in [0.2, 0.25) is 0 Å². The topological polar surface area (TPSA) is 23.6 Å². The van der Waals surface area contributed by atoms with Crippen LogP contribution in [0.15, 0.2) is 84.2 Å². The van der Waals surface area contributed by atoms with Crippen LogP contribution in [-0.4, -0.2) is 18.9 Å². The Balaban J connectivity index is 1.62. The van der Waals surface area contributed by atoms with E-state index in [2.05, 4.69) is 106 Å². The molecule has 0 aliphatic carbocycles. The molecule has 0 saturated carbocycles. The monoisotopic (exact) mass is 426 g/mol. The van der Waals surface area contributed by atoms with Crippen LogP contribution in [-0.2, 0) is 15.6 Å². The molecule has 0 fully saturated rings. The lowest BCUT2D eigenvalue weighted by Crippen LogP contribution is -2.26. The van der Waals surface area contributed by atoms with Gasteiger partial charge in [-0.15, -0.1) is 0 Å². The predicted molar refractivity (Wildman–Crippen MR) is 135 cm³/mol. The van der Waals surface area contributed by atoms with Crippen LogP contribution < -0.4 is 9.80 Å². The second-order valence-corrected chi connectivity index (χ2v) is 9.62. The van der Waals surface area contributed by atoms with Gasteiger partial charge in [0, 0.05) is 52.8 Å². The summed E-state index contributed by atoms with van der Waals surface area (Å²) in [6, 6.07) is 17.0. The number of likely N-dealkylation sites (N-methyl/N-ethyl adjacent to an activating group) is 2. The van der Waals surface area contributed by atoms with Crippen molar-refractivity contribution in [2.75, 3.05) is 22.9 Å². The molecule has 2 aromatic rings. The molecule has 3 heteroatoms. The number of rotatable bonds is 5. The smallest absolute Gasteiger partial charge is 0.180 e. The Kier molecular flexibility index (Phi) is 5.62. The lowest BCUT2D eigenvalue weighted by molar-refractivity contribution is -0.110. The van der Waals surface area contributed by atoms with Crippen LogP contribution in [0.25, 0.3) is 0 Å². The first-order valence-electron chi connectivity index (χ1n) is 11.6. The van der Waals surface area contributed by atoms with Crippen molar-refractivity contribution in [3.05, 3.63) is 95.4 Å². The fourth-order valence-corrected chi connectivity index (χ4v) is 5.34. The van der Waals surface area contributed by atoms with Crippen molar-refractivity contribution < 1.29 is 4.79 Å². The first-order chi connectivity index (χ1) is 15.2. The van der Waals surface area contributed by atoms with Crippen LogP contribution >= 0.6 is 0 Å². The van der Waals surface area contributed by atoms with E-state index in [9.17, 15) is 4.79 Å². The molecule has 0 amide bonds. The summed E-state index contributed by atoms with van der Waals surface area (Å²) < 4.78 is 0. The van der Waals surface area contributed by atoms with Crippen LogP contribution in [0.3, 0.4) is 0 Å². The van der Waals surface area contributed by atoms with Crippen LogP contribution in [0, 0.1) is 0 Å². The molecule has 0 unspecified atom stereocenters. The van der Waals surface area contributed by atoms with Gasteiger partial charge < -0.3 is 9.80 Å². The molecule has 2 aromatic carbocycles. The fraction of sp³-hybridized carbons (Fsp3) is 0.345. The summed E-state index contributed by atoms with van der Waals surface area (Å²) in [5, 5.41) is 0. The summed E-state index contributed by atoms with van der Waals surface area (Å²) in [4.78, 5) is 17.6. The van der Waals surface area contributed by atoms with Crippen LogP contribution in [0.1, 0.15) is 52.7 Å². The molecule has 0 radical (unpaired) electrons. The second-order valence-electron chi connectivity index (χ2n) is 9.62. The minimum absolute atomic E-state index is 0.0209. The summed E-state index contributed by atoms with van der Waals surface area (Å²) in [6.07, 6.45) is 7.52. The Bertz CT molecular complexity index is 1130. The summed E-state index contributed by atoms with van der Waals surface area (Å²) in [7, 11) is 0. The largest absolute Gasteiger partial charge is 0.344 e. The molecule has 3 nitrogen and oxygen atoms in total. The predicted octanol–water partition coefficient (Wildman–Crippen LogP) is 6.51.